The summed E-state index contributed by atoms with van der Waals surface area (Å²) in [5.74, 6) is 0.606. The third-order valence-electron chi connectivity index (χ3n) is 2.68. The Labute approximate surface area is 174 Å². The van der Waals surface area contributed by atoms with Gasteiger partial charge in [-0.3, -0.25) is 0 Å². The molecule has 0 aliphatic rings. The molecule has 0 saturated carbocycles. The third kappa shape index (κ3) is 20.6. The van der Waals surface area contributed by atoms with Gasteiger partial charge in [0.2, 0.25) is 0 Å². The summed E-state index contributed by atoms with van der Waals surface area (Å²) in [5, 5.41) is 0. The lowest BCUT2D eigenvalue weighted by Gasteiger charge is -2.06. The number of hydrogen-bond donors (Lipinski definition) is 0. The van der Waals surface area contributed by atoms with Gasteiger partial charge in [-0.05, 0) is 22.6 Å². The second-order valence-electron chi connectivity index (χ2n) is 4.14. The van der Waals surface area contributed by atoms with Crippen molar-refractivity contribution in [1.82, 2.24) is 0 Å². The second-order valence-corrected chi connectivity index (χ2v) is 4.14. The highest BCUT2D eigenvalue weighted by molar-refractivity contribution is 5.63. The number of benzene rings is 2. The first kappa shape index (κ1) is 36.4. The Kier molecular flexibility index (Phi) is 47.9. The first-order chi connectivity index (χ1) is 13.3. The van der Waals surface area contributed by atoms with Crippen molar-refractivity contribution in [2.24, 2.45) is 0 Å². The summed E-state index contributed by atoms with van der Waals surface area (Å²) in [6.07, 6.45) is 0. The Balaban J connectivity index is -0.000000115. The summed E-state index contributed by atoms with van der Waals surface area (Å²) in [7, 11) is 0. The molecule has 2 aromatic rings. The van der Waals surface area contributed by atoms with Gasteiger partial charge in [0.05, 0.1) is 0 Å². The SMILES string of the molecule is CC.CC.CC.CC.CC.CC.CC(C)c1ccc(-c2ccccc2)cc1. The van der Waals surface area contributed by atoms with Gasteiger partial charge in [0, 0.05) is 0 Å². The highest BCUT2D eigenvalue weighted by Crippen LogP contribution is 2.22. The van der Waals surface area contributed by atoms with E-state index in [4.69, 9.17) is 0 Å². The van der Waals surface area contributed by atoms with Crippen LogP contribution in [0.3, 0.4) is 0 Å². The standard InChI is InChI=1S/C15H16.6C2H6/c1-12(2)13-8-10-15(11-9-13)14-6-4-3-5-7-14;6*1-2/h3-12H,1-2H3;6*1-2H3. The summed E-state index contributed by atoms with van der Waals surface area (Å²) in [4.78, 5) is 0. The molecule has 160 valence electrons. The van der Waals surface area contributed by atoms with E-state index in [1.165, 1.54) is 16.7 Å². The van der Waals surface area contributed by atoms with Gasteiger partial charge in [0.15, 0.2) is 0 Å². The molecule has 0 spiro atoms. The normalized spacial score (nSPS) is 7.22. The fourth-order valence-electron chi connectivity index (χ4n) is 1.69. The van der Waals surface area contributed by atoms with Crippen LogP contribution in [0.25, 0.3) is 11.1 Å². The molecule has 0 aromatic heterocycles. The Morgan fingerprint density at radius 2 is 0.704 bits per heavy atom. The van der Waals surface area contributed by atoms with Gasteiger partial charge >= 0.3 is 0 Å². The Hall–Kier alpha value is -1.56. The van der Waals surface area contributed by atoms with Crippen LogP contribution >= 0.6 is 0 Å². The minimum atomic E-state index is 0.606. The van der Waals surface area contributed by atoms with E-state index >= 15 is 0 Å². The topological polar surface area (TPSA) is 0 Å². The molecule has 2 aromatic carbocycles. The fourth-order valence-corrected chi connectivity index (χ4v) is 1.69. The van der Waals surface area contributed by atoms with Crippen LogP contribution in [0, 0.1) is 0 Å². The molecule has 0 unspecified atom stereocenters. The second kappa shape index (κ2) is 35.5. The average Bonchev–Trinajstić information content (AvgIpc) is 2.82. The lowest BCUT2D eigenvalue weighted by molar-refractivity contribution is 0.867. The quantitative estimate of drug-likeness (QED) is 0.488. The summed E-state index contributed by atoms with van der Waals surface area (Å²) < 4.78 is 0. The van der Waals surface area contributed by atoms with Gasteiger partial charge in [-0.1, -0.05) is 152 Å². The first-order valence-electron chi connectivity index (χ1n) is 11.4. The average molecular weight is 377 g/mol. The molecule has 0 heterocycles. The van der Waals surface area contributed by atoms with Crippen molar-refractivity contribution in [3.8, 4) is 11.1 Å². The van der Waals surface area contributed by atoms with Gasteiger partial charge in [-0.25, -0.2) is 0 Å². The molecular weight excluding hydrogens is 324 g/mol. The molecule has 0 heteroatoms. The van der Waals surface area contributed by atoms with Crippen LogP contribution in [0.15, 0.2) is 54.6 Å². The lowest BCUT2D eigenvalue weighted by Crippen LogP contribution is -1.86. The minimum absolute atomic E-state index is 0.606. The molecule has 0 N–H and O–H groups in total. The molecule has 0 bridgehead atoms. The fraction of sp³-hybridized carbons (Fsp3) is 0.556. The van der Waals surface area contributed by atoms with Crippen LogP contribution in [-0.2, 0) is 0 Å². The molecule has 0 amide bonds. The zero-order chi connectivity index (χ0) is 22.7. The number of rotatable bonds is 2. The molecular formula is C27H52. The van der Waals surface area contributed by atoms with Gasteiger partial charge in [-0.2, -0.15) is 0 Å². The predicted molar refractivity (Wildman–Crippen MR) is 134 cm³/mol. The molecule has 0 nitrogen and oxygen atoms in total. The molecule has 0 aliphatic carbocycles. The van der Waals surface area contributed by atoms with Crippen LogP contribution in [0.2, 0.25) is 0 Å². The minimum Gasteiger partial charge on any atom is -0.0683 e. The summed E-state index contributed by atoms with van der Waals surface area (Å²) in [6, 6.07) is 19.3. The largest absolute Gasteiger partial charge is 0.0683 e. The zero-order valence-corrected chi connectivity index (χ0v) is 21.3. The monoisotopic (exact) mass is 376 g/mol. The van der Waals surface area contributed by atoms with Gasteiger partial charge in [0.25, 0.3) is 0 Å². The van der Waals surface area contributed by atoms with Crippen molar-refractivity contribution in [3.05, 3.63) is 60.2 Å². The van der Waals surface area contributed by atoms with Crippen molar-refractivity contribution in [3.63, 3.8) is 0 Å². The van der Waals surface area contributed by atoms with Crippen LogP contribution in [0.4, 0.5) is 0 Å². The highest BCUT2D eigenvalue weighted by atomic mass is 14.0. The van der Waals surface area contributed by atoms with E-state index < -0.39 is 0 Å². The maximum absolute atomic E-state index is 2.22. The molecule has 0 saturated heterocycles. The van der Waals surface area contributed by atoms with E-state index in [-0.39, 0.29) is 0 Å². The maximum Gasteiger partial charge on any atom is -0.0184 e. The summed E-state index contributed by atoms with van der Waals surface area (Å²) >= 11 is 0. The van der Waals surface area contributed by atoms with E-state index in [1.54, 1.807) is 0 Å². The Morgan fingerprint density at radius 1 is 0.407 bits per heavy atom. The Morgan fingerprint density at radius 3 is 1.00 bits per heavy atom. The van der Waals surface area contributed by atoms with E-state index in [0.717, 1.165) is 0 Å². The van der Waals surface area contributed by atoms with E-state index in [0.29, 0.717) is 5.92 Å². The van der Waals surface area contributed by atoms with Gasteiger partial charge in [-0.15, -0.1) is 0 Å². The third-order valence-corrected chi connectivity index (χ3v) is 2.68. The molecule has 0 fully saturated rings. The van der Waals surface area contributed by atoms with E-state index in [1.807, 2.05) is 89.2 Å². The zero-order valence-electron chi connectivity index (χ0n) is 21.3. The van der Waals surface area contributed by atoms with E-state index in [9.17, 15) is 0 Å². The van der Waals surface area contributed by atoms with Gasteiger partial charge < -0.3 is 0 Å². The molecule has 2 rings (SSSR count). The van der Waals surface area contributed by atoms with E-state index in [2.05, 4.69) is 62.4 Å². The van der Waals surface area contributed by atoms with Crippen molar-refractivity contribution >= 4 is 0 Å². The summed E-state index contributed by atoms with van der Waals surface area (Å²) in [6.45, 7) is 28.4. The van der Waals surface area contributed by atoms with Crippen molar-refractivity contribution < 1.29 is 0 Å². The van der Waals surface area contributed by atoms with Crippen LogP contribution < -0.4 is 0 Å². The predicted octanol–water partition coefficient (Wildman–Crippen LogP) is 10.6. The number of hydrogen-bond acceptors (Lipinski definition) is 0. The Bertz CT molecular complexity index is 410. The molecule has 27 heavy (non-hydrogen) atoms. The van der Waals surface area contributed by atoms with Crippen molar-refractivity contribution in [2.45, 2.75) is 103 Å². The molecule has 0 atom stereocenters. The molecule has 0 aliphatic heterocycles. The van der Waals surface area contributed by atoms with Crippen LogP contribution in [0.1, 0.15) is 108 Å². The lowest BCUT2D eigenvalue weighted by atomic mass is 9.99. The smallest absolute Gasteiger partial charge is 0.0184 e. The van der Waals surface area contributed by atoms with Crippen LogP contribution in [-0.4, -0.2) is 0 Å². The van der Waals surface area contributed by atoms with Crippen molar-refractivity contribution in [1.29, 1.82) is 0 Å². The maximum atomic E-state index is 2.22. The summed E-state index contributed by atoms with van der Waals surface area (Å²) in [5.41, 5.74) is 3.97. The van der Waals surface area contributed by atoms with Gasteiger partial charge in [0.1, 0.15) is 0 Å². The van der Waals surface area contributed by atoms with Crippen molar-refractivity contribution in [2.75, 3.05) is 0 Å². The molecule has 0 radical (unpaired) electrons. The highest BCUT2D eigenvalue weighted by Gasteiger charge is 1.99. The van der Waals surface area contributed by atoms with Crippen LogP contribution in [0.5, 0.6) is 0 Å². The first-order valence-corrected chi connectivity index (χ1v) is 11.4.